The smallest absolute Gasteiger partial charge is 0.261 e. The predicted octanol–water partition coefficient (Wildman–Crippen LogP) is 5.14. The summed E-state index contributed by atoms with van der Waals surface area (Å²) in [6, 6.07) is 11.1. The highest BCUT2D eigenvalue weighted by molar-refractivity contribution is 9.10. The molecule has 2 aromatic carbocycles. The summed E-state index contributed by atoms with van der Waals surface area (Å²) in [6.45, 7) is 3.69. The number of anilines is 1. The molecule has 0 aromatic heterocycles. The van der Waals surface area contributed by atoms with E-state index in [9.17, 15) is 8.42 Å². The van der Waals surface area contributed by atoms with Crippen LogP contribution in [0.15, 0.2) is 64.5 Å². The molecule has 0 heterocycles. The fourth-order valence-electron chi connectivity index (χ4n) is 1.85. The Bertz CT molecular complexity index is 792. The summed E-state index contributed by atoms with van der Waals surface area (Å²) in [7, 11) is -3.77. The van der Waals surface area contributed by atoms with Crippen molar-refractivity contribution < 1.29 is 8.42 Å². The largest absolute Gasteiger partial charge is 0.264 e. The van der Waals surface area contributed by atoms with Gasteiger partial charge in [-0.1, -0.05) is 45.2 Å². The second-order valence-electron chi connectivity index (χ2n) is 4.37. The fraction of sp³-hybridized carbons (Fsp3) is 0.0667. The van der Waals surface area contributed by atoms with Crippen molar-refractivity contribution in [1.29, 1.82) is 0 Å². The maximum atomic E-state index is 12.9. The van der Waals surface area contributed by atoms with E-state index in [1.54, 1.807) is 24.3 Å². The number of rotatable bonds is 5. The molecule has 0 aliphatic rings. The molecule has 0 fully saturated rings. The molecule has 2 rings (SSSR count). The first kappa shape index (κ1) is 17.3. The molecule has 0 bridgehead atoms. The zero-order chi connectivity index (χ0) is 16.3. The second-order valence-corrected chi connectivity index (χ2v) is 8.00. The zero-order valence-electron chi connectivity index (χ0n) is 11.3. The van der Waals surface area contributed by atoms with Gasteiger partial charge in [-0.25, -0.2) is 8.42 Å². The SMILES string of the molecule is C=CCN(c1cc(Cl)ccc1Cl)S(=O)(=O)c1ccc(Br)cc1. The molecule has 22 heavy (non-hydrogen) atoms. The summed E-state index contributed by atoms with van der Waals surface area (Å²) in [6.07, 6.45) is 1.49. The van der Waals surface area contributed by atoms with Crippen molar-refractivity contribution in [3.05, 3.63) is 69.6 Å². The van der Waals surface area contributed by atoms with E-state index in [1.807, 2.05) is 0 Å². The Morgan fingerprint density at radius 3 is 2.36 bits per heavy atom. The molecule has 0 amide bonds. The number of sulfonamides is 1. The van der Waals surface area contributed by atoms with Gasteiger partial charge in [0.15, 0.2) is 0 Å². The lowest BCUT2D eigenvalue weighted by Gasteiger charge is -2.24. The van der Waals surface area contributed by atoms with Crippen molar-refractivity contribution in [2.75, 3.05) is 10.8 Å². The van der Waals surface area contributed by atoms with Gasteiger partial charge in [-0.2, -0.15) is 0 Å². The average molecular weight is 421 g/mol. The molecule has 0 saturated carbocycles. The van der Waals surface area contributed by atoms with E-state index in [0.717, 1.165) is 4.47 Å². The molecule has 3 nitrogen and oxygen atoms in total. The van der Waals surface area contributed by atoms with Crippen molar-refractivity contribution >= 4 is 54.8 Å². The summed E-state index contributed by atoms with van der Waals surface area (Å²) in [4.78, 5) is 0.161. The molecular weight excluding hydrogens is 409 g/mol. The highest BCUT2D eigenvalue weighted by atomic mass is 79.9. The summed E-state index contributed by atoms with van der Waals surface area (Å²) in [5, 5.41) is 0.700. The van der Waals surface area contributed by atoms with E-state index < -0.39 is 10.0 Å². The van der Waals surface area contributed by atoms with Crippen LogP contribution in [-0.4, -0.2) is 15.0 Å². The fourth-order valence-corrected chi connectivity index (χ4v) is 4.00. The highest BCUT2D eigenvalue weighted by Crippen LogP contribution is 2.33. The number of hydrogen-bond acceptors (Lipinski definition) is 2. The van der Waals surface area contributed by atoms with Crippen LogP contribution in [-0.2, 0) is 10.0 Å². The quantitative estimate of drug-likeness (QED) is 0.628. The van der Waals surface area contributed by atoms with Crippen molar-refractivity contribution in [3.63, 3.8) is 0 Å². The van der Waals surface area contributed by atoms with Crippen LogP contribution in [0.3, 0.4) is 0 Å². The molecule has 0 atom stereocenters. The van der Waals surface area contributed by atoms with E-state index in [2.05, 4.69) is 22.5 Å². The van der Waals surface area contributed by atoms with Crippen LogP contribution in [0.5, 0.6) is 0 Å². The van der Waals surface area contributed by atoms with Crippen molar-refractivity contribution in [1.82, 2.24) is 0 Å². The van der Waals surface area contributed by atoms with Gasteiger partial charge < -0.3 is 0 Å². The van der Waals surface area contributed by atoms with E-state index >= 15 is 0 Å². The Kier molecular flexibility index (Phi) is 5.55. The standard InChI is InChI=1S/C15H12BrCl2NO2S/c1-2-9-19(15-10-12(17)5-8-14(15)18)22(20,21)13-6-3-11(16)4-7-13/h2-8,10H,1,9H2. The van der Waals surface area contributed by atoms with E-state index in [4.69, 9.17) is 23.2 Å². The minimum atomic E-state index is -3.77. The van der Waals surface area contributed by atoms with Crippen molar-refractivity contribution in [3.8, 4) is 0 Å². The lowest BCUT2D eigenvalue weighted by atomic mass is 10.3. The van der Waals surface area contributed by atoms with Gasteiger partial charge in [0.2, 0.25) is 0 Å². The van der Waals surface area contributed by atoms with Crippen LogP contribution in [0.25, 0.3) is 0 Å². The molecular formula is C15H12BrCl2NO2S. The molecule has 0 aliphatic carbocycles. The Balaban J connectivity index is 2.57. The molecule has 116 valence electrons. The van der Waals surface area contributed by atoms with Gasteiger partial charge in [-0.15, -0.1) is 6.58 Å². The second kappa shape index (κ2) is 7.04. The van der Waals surface area contributed by atoms with Crippen LogP contribution in [0, 0.1) is 0 Å². The minimum Gasteiger partial charge on any atom is -0.261 e. The van der Waals surface area contributed by atoms with Gasteiger partial charge in [0, 0.05) is 9.50 Å². The summed E-state index contributed by atoms with van der Waals surface area (Å²) in [5.74, 6) is 0. The van der Waals surface area contributed by atoms with Crippen molar-refractivity contribution in [2.24, 2.45) is 0 Å². The Labute approximate surface area is 148 Å². The molecule has 0 unspecified atom stereocenters. The van der Waals surface area contributed by atoms with Gasteiger partial charge in [0.05, 0.1) is 22.2 Å². The van der Waals surface area contributed by atoms with Gasteiger partial charge in [-0.3, -0.25) is 4.31 Å². The highest BCUT2D eigenvalue weighted by Gasteiger charge is 2.25. The monoisotopic (exact) mass is 419 g/mol. The van der Waals surface area contributed by atoms with Gasteiger partial charge >= 0.3 is 0 Å². The molecule has 0 aliphatic heterocycles. The molecule has 7 heteroatoms. The van der Waals surface area contributed by atoms with Crippen LogP contribution < -0.4 is 4.31 Å². The maximum absolute atomic E-state index is 12.9. The molecule has 0 saturated heterocycles. The third-order valence-electron chi connectivity index (χ3n) is 2.87. The number of hydrogen-bond donors (Lipinski definition) is 0. The third-order valence-corrected chi connectivity index (χ3v) is 5.75. The number of benzene rings is 2. The van der Waals surface area contributed by atoms with E-state index in [-0.39, 0.29) is 11.4 Å². The first-order chi connectivity index (χ1) is 10.4. The first-order valence-corrected chi connectivity index (χ1v) is 9.19. The van der Waals surface area contributed by atoms with Gasteiger partial charge in [-0.05, 0) is 42.5 Å². The summed E-state index contributed by atoms with van der Waals surface area (Å²) >= 11 is 15.4. The summed E-state index contributed by atoms with van der Waals surface area (Å²) < 4.78 is 27.7. The van der Waals surface area contributed by atoms with E-state index in [1.165, 1.54) is 28.6 Å². The maximum Gasteiger partial charge on any atom is 0.264 e. The summed E-state index contributed by atoms with van der Waals surface area (Å²) in [5.41, 5.74) is 0.317. The topological polar surface area (TPSA) is 37.4 Å². The van der Waals surface area contributed by atoms with Crippen molar-refractivity contribution in [2.45, 2.75) is 4.90 Å². The lowest BCUT2D eigenvalue weighted by Crippen LogP contribution is -2.31. The van der Waals surface area contributed by atoms with Crippen LogP contribution >= 0.6 is 39.1 Å². The minimum absolute atomic E-state index is 0.0818. The number of nitrogens with zero attached hydrogens (tertiary/aromatic N) is 1. The number of halogens is 3. The van der Waals surface area contributed by atoms with Crippen LogP contribution in [0.2, 0.25) is 10.0 Å². The molecule has 0 N–H and O–H groups in total. The molecule has 0 radical (unpaired) electrons. The predicted molar refractivity (Wildman–Crippen MR) is 95.3 cm³/mol. The van der Waals surface area contributed by atoms with Gasteiger partial charge in [0.25, 0.3) is 10.0 Å². The average Bonchev–Trinajstić information content (AvgIpc) is 2.48. The van der Waals surface area contributed by atoms with Gasteiger partial charge in [0.1, 0.15) is 0 Å². The molecule has 2 aromatic rings. The normalized spacial score (nSPS) is 11.2. The lowest BCUT2D eigenvalue weighted by molar-refractivity contribution is 0.593. The molecule has 0 spiro atoms. The first-order valence-electron chi connectivity index (χ1n) is 6.20. The van der Waals surface area contributed by atoms with Crippen LogP contribution in [0.4, 0.5) is 5.69 Å². The Hall–Kier alpha value is -1.01. The third kappa shape index (κ3) is 3.66. The van der Waals surface area contributed by atoms with E-state index in [0.29, 0.717) is 15.7 Å². The zero-order valence-corrected chi connectivity index (χ0v) is 15.3. The Morgan fingerprint density at radius 1 is 1.14 bits per heavy atom. The van der Waals surface area contributed by atoms with Crippen LogP contribution in [0.1, 0.15) is 0 Å². The Morgan fingerprint density at radius 2 is 1.77 bits per heavy atom.